The van der Waals surface area contributed by atoms with Gasteiger partial charge in [-0.05, 0) is 19.2 Å². The molecular weight excluding hydrogens is 250 g/mol. The van der Waals surface area contributed by atoms with Crippen LogP contribution in [0.1, 0.15) is 9.67 Å². The fraction of sp³-hybridized carbons (Fsp3) is 0.500. The molecule has 2 rings (SSSR count). The fourth-order valence-electron chi connectivity index (χ4n) is 1.57. The molecule has 1 unspecified atom stereocenters. The van der Waals surface area contributed by atoms with Gasteiger partial charge in [0.25, 0.3) is 0 Å². The van der Waals surface area contributed by atoms with Gasteiger partial charge in [-0.1, -0.05) is 11.6 Å². The van der Waals surface area contributed by atoms with Gasteiger partial charge in [0.05, 0.1) is 15.3 Å². The SMILES string of the molecule is CN1CCSCC1C(=O)c1ccc(Cl)s1. The molecule has 1 aliphatic heterocycles. The molecule has 0 N–H and O–H groups in total. The van der Waals surface area contributed by atoms with Crippen molar-refractivity contribution < 1.29 is 4.79 Å². The van der Waals surface area contributed by atoms with Crippen molar-refractivity contribution in [2.24, 2.45) is 0 Å². The van der Waals surface area contributed by atoms with Gasteiger partial charge in [-0.25, -0.2) is 0 Å². The van der Waals surface area contributed by atoms with Crippen LogP contribution in [0.4, 0.5) is 0 Å². The van der Waals surface area contributed by atoms with E-state index in [0.29, 0.717) is 4.34 Å². The van der Waals surface area contributed by atoms with Crippen LogP contribution >= 0.6 is 34.7 Å². The Morgan fingerprint density at radius 2 is 2.40 bits per heavy atom. The first-order valence-electron chi connectivity index (χ1n) is 4.76. The highest BCUT2D eigenvalue weighted by molar-refractivity contribution is 7.99. The van der Waals surface area contributed by atoms with E-state index < -0.39 is 0 Å². The summed E-state index contributed by atoms with van der Waals surface area (Å²) in [6, 6.07) is 3.64. The van der Waals surface area contributed by atoms with Crippen LogP contribution in [0.25, 0.3) is 0 Å². The number of halogens is 1. The van der Waals surface area contributed by atoms with Crippen LogP contribution in [-0.4, -0.2) is 41.8 Å². The maximum Gasteiger partial charge on any atom is 0.190 e. The Morgan fingerprint density at radius 3 is 3.00 bits per heavy atom. The number of Topliss-reactive ketones (excluding diaryl/α,β-unsaturated/α-hetero) is 1. The predicted octanol–water partition coefficient (Wildman–Crippen LogP) is 2.63. The number of carbonyl (C=O) groups is 1. The van der Waals surface area contributed by atoms with E-state index in [9.17, 15) is 4.79 Å². The predicted molar refractivity (Wildman–Crippen MR) is 67.4 cm³/mol. The lowest BCUT2D eigenvalue weighted by Crippen LogP contribution is -2.44. The zero-order valence-electron chi connectivity index (χ0n) is 8.40. The number of thiophene rings is 1. The second-order valence-electron chi connectivity index (χ2n) is 3.54. The van der Waals surface area contributed by atoms with Crippen molar-refractivity contribution in [2.45, 2.75) is 6.04 Å². The topological polar surface area (TPSA) is 20.3 Å². The molecule has 0 aliphatic carbocycles. The van der Waals surface area contributed by atoms with Crippen molar-refractivity contribution in [3.05, 3.63) is 21.3 Å². The van der Waals surface area contributed by atoms with Crippen LogP contribution < -0.4 is 0 Å². The van der Waals surface area contributed by atoms with Gasteiger partial charge in [0, 0.05) is 18.1 Å². The Kier molecular flexibility index (Phi) is 3.72. The molecule has 0 amide bonds. The second kappa shape index (κ2) is 4.87. The van der Waals surface area contributed by atoms with Crippen molar-refractivity contribution >= 4 is 40.5 Å². The average molecular weight is 262 g/mol. The van der Waals surface area contributed by atoms with Crippen molar-refractivity contribution in [1.82, 2.24) is 4.90 Å². The van der Waals surface area contributed by atoms with E-state index in [-0.39, 0.29) is 11.8 Å². The number of hydrogen-bond acceptors (Lipinski definition) is 4. The van der Waals surface area contributed by atoms with E-state index in [0.717, 1.165) is 22.9 Å². The van der Waals surface area contributed by atoms with E-state index in [4.69, 9.17) is 11.6 Å². The second-order valence-corrected chi connectivity index (χ2v) is 6.40. The number of likely N-dealkylation sites (N-methyl/N-ethyl adjacent to an activating group) is 1. The van der Waals surface area contributed by atoms with Crippen molar-refractivity contribution in [2.75, 3.05) is 25.1 Å². The summed E-state index contributed by atoms with van der Waals surface area (Å²) in [6.07, 6.45) is 0. The van der Waals surface area contributed by atoms with Gasteiger partial charge in [-0.15, -0.1) is 11.3 Å². The Hall–Kier alpha value is -0.0300. The van der Waals surface area contributed by atoms with Crippen molar-refractivity contribution in [1.29, 1.82) is 0 Å². The maximum absolute atomic E-state index is 12.1. The lowest BCUT2D eigenvalue weighted by molar-refractivity contribution is 0.0879. The summed E-state index contributed by atoms with van der Waals surface area (Å²) in [5.41, 5.74) is 0. The Balaban J connectivity index is 2.13. The molecule has 0 bridgehead atoms. The van der Waals surface area contributed by atoms with Crippen LogP contribution in [0.5, 0.6) is 0 Å². The van der Waals surface area contributed by atoms with Crippen LogP contribution in [0.2, 0.25) is 4.34 Å². The Labute approximate surface area is 103 Å². The first-order chi connectivity index (χ1) is 7.18. The van der Waals surface area contributed by atoms with Gasteiger partial charge < -0.3 is 0 Å². The lowest BCUT2D eigenvalue weighted by atomic mass is 10.1. The molecule has 1 aromatic rings. The summed E-state index contributed by atoms with van der Waals surface area (Å²) >= 11 is 9.04. The molecule has 5 heteroatoms. The highest BCUT2D eigenvalue weighted by atomic mass is 35.5. The summed E-state index contributed by atoms with van der Waals surface area (Å²) in [5.74, 6) is 2.22. The first kappa shape index (κ1) is 11.5. The van der Waals surface area contributed by atoms with Gasteiger partial charge in [0.2, 0.25) is 0 Å². The van der Waals surface area contributed by atoms with Gasteiger partial charge in [0.1, 0.15) is 0 Å². The molecule has 0 aromatic carbocycles. The minimum absolute atomic E-state index is 0.0264. The third-order valence-electron chi connectivity index (χ3n) is 2.51. The van der Waals surface area contributed by atoms with Gasteiger partial charge >= 0.3 is 0 Å². The number of ketones is 1. The monoisotopic (exact) mass is 261 g/mol. The summed E-state index contributed by atoms with van der Waals surface area (Å²) in [6.45, 7) is 0.986. The molecule has 2 heterocycles. The summed E-state index contributed by atoms with van der Waals surface area (Å²) < 4.78 is 0.685. The molecule has 1 atom stereocenters. The minimum atomic E-state index is 0.0264. The average Bonchev–Trinajstić information content (AvgIpc) is 2.65. The molecule has 1 saturated heterocycles. The molecular formula is C10H12ClNOS2. The van der Waals surface area contributed by atoms with Crippen LogP contribution in [-0.2, 0) is 0 Å². The van der Waals surface area contributed by atoms with Crippen LogP contribution in [0.3, 0.4) is 0 Å². The van der Waals surface area contributed by atoms with Gasteiger partial charge in [-0.2, -0.15) is 11.8 Å². The van der Waals surface area contributed by atoms with Crippen LogP contribution in [0.15, 0.2) is 12.1 Å². The lowest BCUT2D eigenvalue weighted by Gasteiger charge is -2.30. The van der Waals surface area contributed by atoms with Crippen LogP contribution in [0, 0.1) is 0 Å². The number of thioether (sulfide) groups is 1. The number of hydrogen-bond donors (Lipinski definition) is 0. The number of nitrogens with zero attached hydrogens (tertiary/aromatic N) is 1. The normalized spacial score (nSPS) is 22.9. The molecule has 1 fully saturated rings. The standard InChI is InChI=1S/C10H12ClNOS2/c1-12-4-5-14-6-7(12)10(13)8-2-3-9(11)15-8/h2-3,7H,4-6H2,1H3. The first-order valence-corrected chi connectivity index (χ1v) is 7.11. The molecule has 1 aromatic heterocycles. The third-order valence-corrected chi connectivity index (χ3v) is 4.78. The van der Waals surface area contributed by atoms with E-state index in [1.54, 1.807) is 6.07 Å². The van der Waals surface area contributed by atoms with E-state index in [1.165, 1.54) is 11.3 Å². The molecule has 15 heavy (non-hydrogen) atoms. The highest BCUT2D eigenvalue weighted by Crippen LogP contribution is 2.25. The Morgan fingerprint density at radius 1 is 1.60 bits per heavy atom. The summed E-state index contributed by atoms with van der Waals surface area (Å²) in [7, 11) is 2.01. The highest BCUT2D eigenvalue weighted by Gasteiger charge is 2.27. The van der Waals surface area contributed by atoms with Gasteiger partial charge in [0.15, 0.2) is 5.78 Å². The fourth-order valence-corrected chi connectivity index (χ4v) is 3.82. The third kappa shape index (κ3) is 2.56. The zero-order chi connectivity index (χ0) is 10.8. The molecule has 2 nitrogen and oxygen atoms in total. The molecule has 0 spiro atoms. The number of carbonyl (C=O) groups excluding carboxylic acids is 1. The smallest absolute Gasteiger partial charge is 0.190 e. The van der Waals surface area contributed by atoms with E-state index >= 15 is 0 Å². The summed E-state index contributed by atoms with van der Waals surface area (Å²) in [5, 5.41) is 0. The Bertz CT molecular complexity index is 366. The largest absolute Gasteiger partial charge is 0.295 e. The molecule has 1 aliphatic rings. The zero-order valence-corrected chi connectivity index (χ0v) is 10.8. The van der Waals surface area contributed by atoms with E-state index in [1.807, 2.05) is 24.9 Å². The van der Waals surface area contributed by atoms with Crippen molar-refractivity contribution in [3.8, 4) is 0 Å². The van der Waals surface area contributed by atoms with Gasteiger partial charge in [-0.3, -0.25) is 9.69 Å². The number of rotatable bonds is 2. The molecule has 0 radical (unpaired) electrons. The van der Waals surface area contributed by atoms with E-state index in [2.05, 4.69) is 4.90 Å². The molecule has 82 valence electrons. The quantitative estimate of drug-likeness (QED) is 0.764. The minimum Gasteiger partial charge on any atom is -0.295 e. The van der Waals surface area contributed by atoms with Crippen molar-refractivity contribution in [3.63, 3.8) is 0 Å². The maximum atomic E-state index is 12.1. The molecule has 0 saturated carbocycles. The summed E-state index contributed by atoms with van der Waals surface area (Å²) in [4.78, 5) is 15.0.